The van der Waals surface area contributed by atoms with Gasteiger partial charge in [0.15, 0.2) is 5.78 Å². The molecule has 0 saturated carbocycles. The van der Waals surface area contributed by atoms with Crippen LogP contribution in [0, 0.1) is 22.0 Å². The van der Waals surface area contributed by atoms with Gasteiger partial charge in [-0.15, -0.1) is 0 Å². The van der Waals surface area contributed by atoms with Gasteiger partial charge in [0.25, 0.3) is 5.69 Å². The van der Waals surface area contributed by atoms with Crippen molar-refractivity contribution in [1.82, 2.24) is 5.32 Å². The summed E-state index contributed by atoms with van der Waals surface area (Å²) in [4.78, 5) is 58.3. The average molecular weight is 500 g/mol. The number of nitro groups is 1. The molecule has 2 N–H and O–H groups in total. The minimum Gasteiger partial charge on any atom is -0.429 e. The van der Waals surface area contributed by atoms with Crippen LogP contribution >= 0.6 is 0 Å². The summed E-state index contributed by atoms with van der Waals surface area (Å²) in [6.07, 6.45) is -0.990. The molecule has 0 aliphatic carbocycles. The number of anilines is 1. The summed E-state index contributed by atoms with van der Waals surface area (Å²) >= 11 is 0. The Kier molecular flexibility index (Phi) is 10.1. The molecule has 0 aliphatic rings. The van der Waals surface area contributed by atoms with Crippen LogP contribution in [0.2, 0.25) is 0 Å². The second kappa shape index (κ2) is 13.0. The van der Waals surface area contributed by atoms with Gasteiger partial charge in [-0.1, -0.05) is 32.9 Å². The number of benzene rings is 2. The third-order valence-corrected chi connectivity index (χ3v) is 5.15. The molecule has 36 heavy (non-hydrogen) atoms. The number of carbonyl (C=O) groups excluding carboxylic acids is 4. The third-order valence-electron chi connectivity index (χ3n) is 5.15. The van der Waals surface area contributed by atoms with Gasteiger partial charge in [0, 0.05) is 37.1 Å². The van der Waals surface area contributed by atoms with Gasteiger partial charge >= 0.3 is 6.16 Å². The normalized spacial score (nSPS) is 12.2. The van der Waals surface area contributed by atoms with Gasteiger partial charge in [-0.05, 0) is 35.7 Å². The van der Waals surface area contributed by atoms with E-state index in [1.54, 1.807) is 31.2 Å². The number of hydrogen-bond donors (Lipinski definition) is 2. The van der Waals surface area contributed by atoms with Gasteiger partial charge in [0.1, 0.15) is 12.4 Å². The van der Waals surface area contributed by atoms with Crippen molar-refractivity contribution in [2.75, 3.05) is 5.32 Å². The SMILES string of the molecule is CC(=O)N[C@H](C(=O)C[C@@H](C)C(=O)Nc1ccc(COC(=O)Oc2ccc([N+](=O)[O-])cc2)cc1)C(C)C. The molecule has 2 atom stereocenters. The lowest BCUT2D eigenvalue weighted by molar-refractivity contribution is -0.384. The highest BCUT2D eigenvalue weighted by Gasteiger charge is 2.26. The van der Waals surface area contributed by atoms with Crippen molar-refractivity contribution in [3.63, 3.8) is 0 Å². The van der Waals surface area contributed by atoms with E-state index in [1.165, 1.54) is 31.2 Å². The molecule has 0 aromatic heterocycles. The summed E-state index contributed by atoms with van der Waals surface area (Å²) in [6.45, 7) is 6.53. The maximum absolute atomic E-state index is 12.5. The highest BCUT2D eigenvalue weighted by molar-refractivity contribution is 5.97. The van der Waals surface area contributed by atoms with Gasteiger partial charge in [-0.3, -0.25) is 24.5 Å². The minimum atomic E-state index is -0.973. The number of nitrogens with one attached hydrogen (secondary N) is 2. The van der Waals surface area contributed by atoms with Crippen molar-refractivity contribution < 1.29 is 33.6 Å². The minimum absolute atomic E-state index is 0.0161. The zero-order chi connectivity index (χ0) is 26.8. The molecule has 0 bridgehead atoms. The van der Waals surface area contributed by atoms with Crippen LogP contribution in [0.1, 0.15) is 39.7 Å². The molecule has 0 spiro atoms. The van der Waals surface area contributed by atoms with Crippen LogP contribution in [0.15, 0.2) is 48.5 Å². The van der Waals surface area contributed by atoms with E-state index in [1.807, 2.05) is 13.8 Å². The molecule has 2 aromatic rings. The predicted molar refractivity (Wildman–Crippen MR) is 130 cm³/mol. The number of hydrogen-bond acceptors (Lipinski definition) is 8. The number of ether oxygens (including phenoxy) is 2. The van der Waals surface area contributed by atoms with Crippen LogP contribution in [0.3, 0.4) is 0 Å². The Labute approximate surface area is 208 Å². The summed E-state index contributed by atoms with van der Waals surface area (Å²) in [7, 11) is 0. The van der Waals surface area contributed by atoms with E-state index >= 15 is 0 Å². The molecule has 0 fully saturated rings. The smallest absolute Gasteiger partial charge is 0.429 e. The number of carbonyl (C=O) groups is 4. The quantitative estimate of drug-likeness (QED) is 0.203. The number of non-ortho nitro benzene ring substituents is 1. The first-order chi connectivity index (χ1) is 17.0. The molecule has 0 heterocycles. The number of nitro benzene ring substituents is 1. The summed E-state index contributed by atoms with van der Waals surface area (Å²) in [5.41, 5.74) is 0.999. The Hall–Kier alpha value is -4.28. The van der Waals surface area contributed by atoms with Gasteiger partial charge in [-0.2, -0.15) is 0 Å². The second-order valence-corrected chi connectivity index (χ2v) is 8.57. The number of amides is 2. The first-order valence-corrected chi connectivity index (χ1v) is 11.2. The van der Waals surface area contributed by atoms with Crippen molar-refractivity contribution >= 4 is 35.1 Å². The van der Waals surface area contributed by atoms with E-state index in [0.29, 0.717) is 11.3 Å². The van der Waals surface area contributed by atoms with Crippen LogP contribution in [0.25, 0.3) is 0 Å². The summed E-state index contributed by atoms with van der Waals surface area (Å²) in [6, 6.07) is 10.9. The van der Waals surface area contributed by atoms with E-state index < -0.39 is 23.0 Å². The lowest BCUT2D eigenvalue weighted by Gasteiger charge is -2.22. The zero-order valence-corrected chi connectivity index (χ0v) is 20.5. The van der Waals surface area contributed by atoms with E-state index in [-0.39, 0.29) is 48.0 Å². The van der Waals surface area contributed by atoms with Gasteiger partial charge < -0.3 is 20.1 Å². The number of ketones is 1. The van der Waals surface area contributed by atoms with Crippen LogP contribution < -0.4 is 15.4 Å². The molecular weight excluding hydrogens is 470 g/mol. The molecule has 0 aliphatic heterocycles. The summed E-state index contributed by atoms with van der Waals surface area (Å²) in [5.74, 6) is -1.46. The second-order valence-electron chi connectivity index (χ2n) is 8.57. The van der Waals surface area contributed by atoms with Crippen molar-refractivity contribution in [2.24, 2.45) is 11.8 Å². The van der Waals surface area contributed by atoms with Crippen LogP contribution in [0.5, 0.6) is 5.75 Å². The van der Waals surface area contributed by atoms with Crippen molar-refractivity contribution in [3.8, 4) is 5.75 Å². The Bertz CT molecular complexity index is 1100. The van der Waals surface area contributed by atoms with E-state index in [2.05, 4.69) is 10.6 Å². The third kappa shape index (κ3) is 8.82. The standard InChI is InChI=1S/C25H29N3O8/c1-15(2)23(26-17(4)29)22(30)13-16(3)24(31)27-19-7-5-18(6-8-19)14-35-25(32)36-21-11-9-20(10-12-21)28(33)34/h5-12,15-16,23H,13-14H2,1-4H3,(H,26,29)(H,27,31)/t16-,23+/m1/s1. The van der Waals surface area contributed by atoms with Gasteiger partial charge in [-0.25, -0.2) is 4.79 Å². The Morgan fingerprint density at radius 1 is 0.972 bits per heavy atom. The Balaban J connectivity index is 1.83. The monoisotopic (exact) mass is 499 g/mol. The number of Topliss-reactive ketones (excluding diaryl/α,β-unsaturated/α-hetero) is 1. The fraction of sp³-hybridized carbons (Fsp3) is 0.360. The molecule has 192 valence electrons. The fourth-order valence-corrected chi connectivity index (χ4v) is 3.21. The molecule has 2 rings (SSSR count). The first kappa shape index (κ1) is 28.0. The average Bonchev–Trinajstić information content (AvgIpc) is 2.82. The van der Waals surface area contributed by atoms with E-state index in [0.717, 1.165) is 0 Å². The largest absolute Gasteiger partial charge is 0.514 e. The topological polar surface area (TPSA) is 154 Å². The lowest BCUT2D eigenvalue weighted by Crippen LogP contribution is -2.44. The van der Waals surface area contributed by atoms with Crippen LogP contribution in [-0.2, 0) is 25.7 Å². The van der Waals surface area contributed by atoms with Crippen molar-refractivity contribution in [2.45, 2.75) is 46.8 Å². The van der Waals surface area contributed by atoms with Crippen molar-refractivity contribution in [3.05, 3.63) is 64.2 Å². The summed E-state index contributed by atoms with van der Waals surface area (Å²) in [5, 5.41) is 16.0. The molecule has 0 saturated heterocycles. The molecule has 0 radical (unpaired) electrons. The van der Waals surface area contributed by atoms with Gasteiger partial charge in [0.2, 0.25) is 11.8 Å². The summed E-state index contributed by atoms with van der Waals surface area (Å²) < 4.78 is 10.00. The van der Waals surface area contributed by atoms with Crippen LogP contribution in [-0.4, -0.2) is 34.7 Å². The maximum atomic E-state index is 12.5. The molecule has 2 aromatic carbocycles. The predicted octanol–water partition coefficient (Wildman–Crippen LogP) is 4.00. The van der Waals surface area contributed by atoms with E-state index in [4.69, 9.17) is 9.47 Å². The number of nitrogens with zero attached hydrogens (tertiary/aromatic N) is 1. The lowest BCUT2D eigenvalue weighted by atomic mass is 9.93. The Morgan fingerprint density at radius 2 is 1.58 bits per heavy atom. The molecule has 0 unspecified atom stereocenters. The molecule has 2 amide bonds. The Morgan fingerprint density at radius 3 is 2.11 bits per heavy atom. The highest BCUT2D eigenvalue weighted by Crippen LogP contribution is 2.19. The number of rotatable bonds is 11. The fourth-order valence-electron chi connectivity index (χ4n) is 3.21. The zero-order valence-electron chi connectivity index (χ0n) is 20.5. The molecular formula is C25H29N3O8. The van der Waals surface area contributed by atoms with Crippen LogP contribution in [0.4, 0.5) is 16.2 Å². The van der Waals surface area contributed by atoms with Gasteiger partial charge in [0.05, 0.1) is 11.0 Å². The van der Waals surface area contributed by atoms with E-state index in [9.17, 15) is 29.3 Å². The molecule has 11 nitrogen and oxygen atoms in total. The highest BCUT2D eigenvalue weighted by atomic mass is 16.7. The van der Waals surface area contributed by atoms with Crippen molar-refractivity contribution in [1.29, 1.82) is 0 Å². The first-order valence-electron chi connectivity index (χ1n) is 11.2. The maximum Gasteiger partial charge on any atom is 0.514 e. The molecule has 11 heteroatoms.